The summed E-state index contributed by atoms with van der Waals surface area (Å²) in [7, 11) is 0. The van der Waals surface area contributed by atoms with Crippen LogP contribution in [0.25, 0.3) is 0 Å². The summed E-state index contributed by atoms with van der Waals surface area (Å²) in [6.07, 6.45) is -6.52. The second-order valence-electron chi connectivity index (χ2n) is 4.19. The second-order valence-corrected chi connectivity index (χ2v) is 4.19. The fourth-order valence-corrected chi connectivity index (χ4v) is 1.88. The zero-order valence-electron chi connectivity index (χ0n) is 10.3. The molecule has 1 aliphatic heterocycles. The maximum atomic E-state index is 13.0. The Morgan fingerprint density at radius 1 is 1.56 bits per heavy atom. The van der Waals surface area contributed by atoms with Crippen molar-refractivity contribution >= 4 is 6.09 Å². The van der Waals surface area contributed by atoms with Crippen LogP contribution in [0, 0.1) is 0 Å². The van der Waals surface area contributed by atoms with Crippen LogP contribution in [0.1, 0.15) is 20.3 Å². The number of hydrogen-bond acceptors (Lipinski definition) is 4. The first-order valence-electron chi connectivity index (χ1n) is 5.63. The van der Waals surface area contributed by atoms with Gasteiger partial charge < -0.3 is 14.4 Å². The maximum absolute atomic E-state index is 13.0. The van der Waals surface area contributed by atoms with Gasteiger partial charge in [0.2, 0.25) is 0 Å². The summed E-state index contributed by atoms with van der Waals surface area (Å²) in [4.78, 5) is 12.4. The van der Waals surface area contributed by atoms with E-state index in [0.717, 1.165) is 4.90 Å². The molecule has 1 aliphatic rings. The quantitative estimate of drug-likeness (QED) is 0.789. The number of ether oxygens (including phenoxy) is 2. The Hall–Kier alpha value is -1.02. The lowest BCUT2D eigenvalue weighted by Gasteiger charge is -2.31. The zero-order chi connectivity index (χ0) is 14.0. The molecule has 1 rings (SSSR count). The van der Waals surface area contributed by atoms with Crippen molar-refractivity contribution in [2.24, 2.45) is 5.73 Å². The van der Waals surface area contributed by atoms with Crippen LogP contribution in [0.5, 0.6) is 0 Å². The average molecular weight is 270 g/mol. The van der Waals surface area contributed by atoms with Crippen LogP contribution in [-0.2, 0) is 9.47 Å². The number of nitrogens with two attached hydrogens (primary N) is 1. The summed E-state index contributed by atoms with van der Waals surface area (Å²) in [5.74, 6) is 0. The number of halogens is 3. The van der Waals surface area contributed by atoms with Crippen LogP contribution in [0.15, 0.2) is 0 Å². The number of alkyl halides is 3. The van der Waals surface area contributed by atoms with Crippen LogP contribution in [0.2, 0.25) is 0 Å². The van der Waals surface area contributed by atoms with Gasteiger partial charge in [-0.1, -0.05) is 0 Å². The number of hydrogen-bond donors (Lipinski definition) is 1. The molecule has 2 atom stereocenters. The predicted octanol–water partition coefficient (Wildman–Crippen LogP) is 1.47. The lowest BCUT2D eigenvalue weighted by molar-refractivity contribution is -0.270. The number of carbonyl (C=O) groups excluding carboxylic acids is 1. The topological polar surface area (TPSA) is 64.8 Å². The smallest absolute Gasteiger partial charge is 0.419 e. The van der Waals surface area contributed by atoms with Crippen LogP contribution in [0.3, 0.4) is 0 Å². The number of nitrogens with zero attached hydrogens (tertiary/aromatic N) is 1. The van der Waals surface area contributed by atoms with Gasteiger partial charge in [-0.05, 0) is 13.8 Å². The van der Waals surface area contributed by atoms with E-state index in [-0.39, 0.29) is 19.6 Å². The van der Waals surface area contributed by atoms with E-state index in [1.165, 1.54) is 13.8 Å². The van der Waals surface area contributed by atoms with Crippen molar-refractivity contribution < 1.29 is 27.4 Å². The van der Waals surface area contributed by atoms with Crippen LogP contribution in [0.4, 0.5) is 18.0 Å². The third kappa shape index (κ3) is 3.05. The van der Waals surface area contributed by atoms with Crippen LogP contribution >= 0.6 is 0 Å². The lowest BCUT2D eigenvalue weighted by Crippen LogP contribution is -2.50. The Morgan fingerprint density at radius 3 is 2.61 bits per heavy atom. The molecule has 1 unspecified atom stereocenters. The molecule has 0 radical (unpaired) electrons. The van der Waals surface area contributed by atoms with Crippen LogP contribution < -0.4 is 5.73 Å². The molecule has 0 aromatic rings. The molecule has 0 aromatic heterocycles. The number of carbonyl (C=O) groups is 1. The Balaban J connectivity index is 2.74. The van der Waals surface area contributed by atoms with E-state index in [0.29, 0.717) is 0 Å². The van der Waals surface area contributed by atoms with Crippen molar-refractivity contribution in [1.82, 2.24) is 4.90 Å². The van der Waals surface area contributed by atoms with Crippen LogP contribution in [-0.4, -0.2) is 48.7 Å². The molecule has 18 heavy (non-hydrogen) atoms. The van der Waals surface area contributed by atoms with Gasteiger partial charge in [-0.15, -0.1) is 0 Å². The molecular weight excluding hydrogens is 253 g/mol. The summed E-state index contributed by atoms with van der Waals surface area (Å²) in [6.45, 7) is 2.21. The van der Waals surface area contributed by atoms with E-state index < -0.39 is 30.6 Å². The molecule has 1 fully saturated rings. The van der Waals surface area contributed by atoms with Crippen molar-refractivity contribution in [3.63, 3.8) is 0 Å². The van der Waals surface area contributed by atoms with Gasteiger partial charge in [0.05, 0.1) is 6.54 Å². The zero-order valence-corrected chi connectivity index (χ0v) is 10.3. The van der Waals surface area contributed by atoms with Gasteiger partial charge in [0.25, 0.3) is 0 Å². The SMILES string of the molecule is CCOC1(C(F)(F)F)CCN(C(=O)O[C@@H](C)N)C1. The van der Waals surface area contributed by atoms with Gasteiger partial charge in [0.15, 0.2) is 5.60 Å². The van der Waals surface area contributed by atoms with Gasteiger partial charge in [0, 0.05) is 19.6 Å². The van der Waals surface area contributed by atoms with E-state index in [1.807, 2.05) is 0 Å². The van der Waals surface area contributed by atoms with Gasteiger partial charge in [-0.25, -0.2) is 4.79 Å². The molecule has 0 spiro atoms. The van der Waals surface area contributed by atoms with Crippen molar-refractivity contribution in [2.75, 3.05) is 19.7 Å². The molecule has 106 valence electrons. The summed E-state index contributed by atoms with van der Waals surface area (Å²) in [5.41, 5.74) is 2.96. The van der Waals surface area contributed by atoms with Crippen molar-refractivity contribution in [3.05, 3.63) is 0 Å². The first-order chi connectivity index (χ1) is 8.22. The average Bonchev–Trinajstić information content (AvgIpc) is 2.62. The minimum Gasteiger partial charge on any atom is -0.431 e. The monoisotopic (exact) mass is 270 g/mol. The van der Waals surface area contributed by atoms with E-state index in [2.05, 4.69) is 4.74 Å². The summed E-state index contributed by atoms with van der Waals surface area (Å²) in [5, 5.41) is 0. The highest BCUT2D eigenvalue weighted by atomic mass is 19.4. The Bertz CT molecular complexity index is 309. The van der Waals surface area contributed by atoms with E-state index in [4.69, 9.17) is 10.5 Å². The molecule has 5 nitrogen and oxygen atoms in total. The first-order valence-corrected chi connectivity index (χ1v) is 5.63. The molecule has 1 amide bonds. The van der Waals surface area contributed by atoms with Gasteiger partial charge in [-0.3, -0.25) is 5.73 Å². The number of likely N-dealkylation sites (tertiary alicyclic amines) is 1. The fourth-order valence-electron chi connectivity index (χ4n) is 1.88. The van der Waals surface area contributed by atoms with E-state index in [1.54, 1.807) is 0 Å². The van der Waals surface area contributed by atoms with Crippen molar-refractivity contribution in [1.29, 1.82) is 0 Å². The molecule has 2 N–H and O–H groups in total. The Kier molecular flexibility index (Phi) is 4.44. The molecule has 0 aromatic carbocycles. The second kappa shape index (κ2) is 5.31. The van der Waals surface area contributed by atoms with Gasteiger partial charge in [-0.2, -0.15) is 13.2 Å². The van der Waals surface area contributed by atoms with E-state index >= 15 is 0 Å². The summed E-state index contributed by atoms with van der Waals surface area (Å²) in [6, 6.07) is 0. The standard InChI is InChI=1S/C10H17F3N2O3/c1-3-17-9(10(11,12)13)4-5-15(6-9)8(16)18-7(2)14/h7H,3-6,14H2,1-2H3/t7-,9?/m0/s1. The highest BCUT2D eigenvalue weighted by molar-refractivity contribution is 5.68. The third-order valence-electron chi connectivity index (χ3n) is 2.71. The Labute approximate surface area is 103 Å². The maximum Gasteiger partial charge on any atom is 0.419 e. The lowest BCUT2D eigenvalue weighted by atomic mass is 10.0. The minimum absolute atomic E-state index is 0.0644. The molecule has 0 aliphatic carbocycles. The summed E-state index contributed by atoms with van der Waals surface area (Å²) >= 11 is 0. The highest BCUT2D eigenvalue weighted by Crippen LogP contribution is 2.40. The molecule has 0 bridgehead atoms. The molecule has 8 heteroatoms. The van der Waals surface area contributed by atoms with Crippen molar-refractivity contribution in [3.8, 4) is 0 Å². The van der Waals surface area contributed by atoms with E-state index in [9.17, 15) is 18.0 Å². The Morgan fingerprint density at radius 2 is 2.17 bits per heavy atom. The summed E-state index contributed by atoms with van der Waals surface area (Å²) < 4.78 is 48.4. The normalized spacial score (nSPS) is 26.2. The van der Waals surface area contributed by atoms with Crippen molar-refractivity contribution in [2.45, 2.75) is 38.3 Å². The first kappa shape index (κ1) is 15.0. The minimum atomic E-state index is -4.52. The third-order valence-corrected chi connectivity index (χ3v) is 2.71. The predicted molar refractivity (Wildman–Crippen MR) is 56.7 cm³/mol. The highest BCUT2D eigenvalue weighted by Gasteiger charge is 2.60. The molecule has 0 saturated carbocycles. The molecular formula is C10H17F3N2O3. The number of amides is 1. The van der Waals surface area contributed by atoms with Gasteiger partial charge in [0.1, 0.15) is 6.23 Å². The largest absolute Gasteiger partial charge is 0.431 e. The molecule has 1 heterocycles. The van der Waals surface area contributed by atoms with Gasteiger partial charge >= 0.3 is 12.3 Å². The number of rotatable bonds is 3. The molecule has 1 saturated heterocycles. The fraction of sp³-hybridized carbons (Fsp3) is 0.900.